The van der Waals surface area contributed by atoms with Crippen LogP contribution in [0.15, 0.2) is 29.2 Å². The minimum Gasteiger partial charge on any atom is -0.481 e. The molecule has 0 saturated heterocycles. The van der Waals surface area contributed by atoms with Crippen LogP contribution in [0.5, 0.6) is 5.75 Å². The molecule has 0 aliphatic heterocycles. The summed E-state index contributed by atoms with van der Waals surface area (Å²) >= 11 is 1.65. The molecule has 1 aromatic carbocycles. The van der Waals surface area contributed by atoms with Gasteiger partial charge >= 0.3 is 0 Å². The van der Waals surface area contributed by atoms with Crippen molar-refractivity contribution in [3.63, 3.8) is 0 Å². The van der Waals surface area contributed by atoms with Crippen molar-refractivity contribution in [3.05, 3.63) is 24.3 Å². The molecular formula is C14H18N2O2S. The summed E-state index contributed by atoms with van der Waals surface area (Å²) in [5.74, 6) is 0.252. The Morgan fingerprint density at radius 3 is 2.58 bits per heavy atom. The van der Waals surface area contributed by atoms with Gasteiger partial charge in [-0.25, -0.2) is 0 Å². The van der Waals surface area contributed by atoms with Crippen LogP contribution in [0.3, 0.4) is 0 Å². The van der Waals surface area contributed by atoms with Crippen LogP contribution >= 0.6 is 11.8 Å². The fourth-order valence-electron chi connectivity index (χ4n) is 1.35. The molecule has 0 bridgehead atoms. The van der Waals surface area contributed by atoms with E-state index in [2.05, 4.69) is 11.4 Å². The summed E-state index contributed by atoms with van der Waals surface area (Å²) in [6, 6.07) is 9.64. The van der Waals surface area contributed by atoms with E-state index in [4.69, 9.17) is 10.00 Å². The van der Waals surface area contributed by atoms with E-state index in [0.717, 1.165) is 4.90 Å². The summed E-state index contributed by atoms with van der Waals surface area (Å²) in [5.41, 5.74) is 0. The van der Waals surface area contributed by atoms with E-state index in [9.17, 15) is 4.79 Å². The van der Waals surface area contributed by atoms with Crippen molar-refractivity contribution < 1.29 is 9.53 Å². The monoisotopic (exact) mass is 278 g/mol. The first-order chi connectivity index (χ1) is 9.06. The predicted octanol–water partition coefficient (Wildman–Crippen LogP) is 2.45. The topological polar surface area (TPSA) is 62.1 Å². The lowest BCUT2D eigenvalue weighted by Gasteiger charge is -2.15. The van der Waals surface area contributed by atoms with Crippen molar-refractivity contribution in [1.29, 1.82) is 5.26 Å². The van der Waals surface area contributed by atoms with Gasteiger partial charge in [-0.05, 0) is 44.4 Å². The number of benzene rings is 1. The van der Waals surface area contributed by atoms with Gasteiger partial charge in [-0.2, -0.15) is 5.26 Å². The summed E-state index contributed by atoms with van der Waals surface area (Å²) in [6.45, 7) is 3.79. The Labute approximate surface area is 118 Å². The zero-order valence-corrected chi connectivity index (χ0v) is 12.2. The highest BCUT2D eigenvalue weighted by Crippen LogP contribution is 2.19. The number of rotatable bonds is 6. The lowest BCUT2D eigenvalue weighted by molar-refractivity contribution is -0.127. The standard InChI is InChI=1S/C14H18N2O2S/c1-10(8-15)9-16-14(17)11(2)18-12-4-6-13(19-3)7-5-12/h4-7,10-11H,9H2,1-3H3,(H,16,17)/t10-,11+/m0/s1. The Balaban J connectivity index is 2.47. The first-order valence-corrected chi connectivity index (χ1v) is 7.27. The van der Waals surface area contributed by atoms with Gasteiger partial charge in [-0.15, -0.1) is 11.8 Å². The number of nitriles is 1. The van der Waals surface area contributed by atoms with E-state index in [1.165, 1.54) is 0 Å². The highest BCUT2D eigenvalue weighted by molar-refractivity contribution is 7.98. The number of amides is 1. The zero-order chi connectivity index (χ0) is 14.3. The molecule has 2 atom stereocenters. The van der Waals surface area contributed by atoms with Crippen molar-refractivity contribution in [1.82, 2.24) is 5.32 Å². The second kappa shape index (κ2) is 7.70. The van der Waals surface area contributed by atoms with Gasteiger partial charge in [-0.3, -0.25) is 4.79 Å². The largest absolute Gasteiger partial charge is 0.481 e. The first-order valence-electron chi connectivity index (χ1n) is 6.05. The van der Waals surface area contributed by atoms with Crippen LogP contribution < -0.4 is 10.1 Å². The number of ether oxygens (including phenoxy) is 1. The van der Waals surface area contributed by atoms with E-state index in [0.29, 0.717) is 12.3 Å². The Morgan fingerprint density at radius 2 is 2.05 bits per heavy atom. The summed E-state index contributed by atoms with van der Waals surface area (Å²) in [6.07, 6.45) is 1.42. The minimum absolute atomic E-state index is 0.197. The van der Waals surface area contributed by atoms with Crippen molar-refractivity contribution in [2.24, 2.45) is 5.92 Å². The predicted molar refractivity (Wildman–Crippen MR) is 76.1 cm³/mol. The second-order valence-corrected chi connectivity index (χ2v) is 5.09. The fraction of sp³-hybridized carbons (Fsp3) is 0.429. The molecule has 1 aromatic rings. The van der Waals surface area contributed by atoms with Gasteiger partial charge in [0.05, 0.1) is 12.0 Å². The third-order valence-electron chi connectivity index (χ3n) is 2.54. The van der Waals surface area contributed by atoms with Crippen LogP contribution in [0, 0.1) is 17.2 Å². The van der Waals surface area contributed by atoms with E-state index in [1.54, 1.807) is 25.6 Å². The molecule has 19 heavy (non-hydrogen) atoms. The Bertz CT molecular complexity index is 454. The molecule has 0 aliphatic rings. The molecule has 0 aromatic heterocycles. The van der Waals surface area contributed by atoms with Crippen LogP contribution in [0.4, 0.5) is 0 Å². The third kappa shape index (κ3) is 5.23. The third-order valence-corrected chi connectivity index (χ3v) is 3.29. The molecule has 0 saturated carbocycles. The molecule has 1 rings (SSSR count). The molecular weight excluding hydrogens is 260 g/mol. The van der Waals surface area contributed by atoms with Gasteiger partial charge in [0.1, 0.15) is 5.75 Å². The maximum atomic E-state index is 11.7. The molecule has 0 fully saturated rings. The van der Waals surface area contributed by atoms with E-state index in [-0.39, 0.29) is 11.8 Å². The van der Waals surface area contributed by atoms with E-state index < -0.39 is 6.10 Å². The van der Waals surface area contributed by atoms with E-state index >= 15 is 0 Å². The van der Waals surface area contributed by atoms with Crippen molar-refractivity contribution in [3.8, 4) is 11.8 Å². The SMILES string of the molecule is CSc1ccc(O[C@H](C)C(=O)NC[C@@H](C)C#N)cc1. The summed E-state index contributed by atoms with van der Waals surface area (Å²) < 4.78 is 5.54. The molecule has 102 valence electrons. The normalized spacial score (nSPS) is 13.2. The maximum Gasteiger partial charge on any atom is 0.260 e. The highest BCUT2D eigenvalue weighted by atomic mass is 32.2. The molecule has 0 unspecified atom stereocenters. The van der Waals surface area contributed by atoms with Crippen LogP contribution in [0.2, 0.25) is 0 Å². The van der Waals surface area contributed by atoms with Crippen molar-refractivity contribution in [2.45, 2.75) is 24.8 Å². The lowest BCUT2D eigenvalue weighted by Crippen LogP contribution is -2.38. The smallest absolute Gasteiger partial charge is 0.260 e. The van der Waals surface area contributed by atoms with Gasteiger partial charge < -0.3 is 10.1 Å². The van der Waals surface area contributed by atoms with Gasteiger partial charge in [-0.1, -0.05) is 0 Å². The molecule has 0 spiro atoms. The Morgan fingerprint density at radius 1 is 1.42 bits per heavy atom. The lowest BCUT2D eigenvalue weighted by atomic mass is 10.2. The van der Waals surface area contributed by atoms with Gasteiger partial charge in [0.25, 0.3) is 5.91 Å². The van der Waals surface area contributed by atoms with Gasteiger partial charge in [0, 0.05) is 11.4 Å². The quantitative estimate of drug-likeness (QED) is 0.812. The van der Waals surface area contributed by atoms with Crippen LogP contribution in [0.25, 0.3) is 0 Å². The van der Waals surface area contributed by atoms with Crippen LogP contribution in [-0.4, -0.2) is 24.8 Å². The van der Waals surface area contributed by atoms with Gasteiger partial charge in [0.15, 0.2) is 6.10 Å². The zero-order valence-electron chi connectivity index (χ0n) is 11.3. The highest BCUT2D eigenvalue weighted by Gasteiger charge is 2.15. The molecule has 0 aliphatic carbocycles. The number of hydrogen-bond donors (Lipinski definition) is 1. The number of nitrogens with zero attached hydrogens (tertiary/aromatic N) is 1. The fourth-order valence-corrected chi connectivity index (χ4v) is 1.76. The summed E-state index contributed by atoms with van der Waals surface area (Å²) in [4.78, 5) is 12.9. The average molecular weight is 278 g/mol. The van der Waals surface area contributed by atoms with E-state index in [1.807, 2.05) is 30.5 Å². The summed E-state index contributed by atoms with van der Waals surface area (Å²) in [7, 11) is 0. The summed E-state index contributed by atoms with van der Waals surface area (Å²) in [5, 5.41) is 11.3. The Hall–Kier alpha value is -1.67. The molecule has 5 heteroatoms. The average Bonchev–Trinajstić information content (AvgIpc) is 2.44. The first kappa shape index (κ1) is 15.4. The number of carbonyl (C=O) groups excluding carboxylic acids is 1. The van der Waals surface area contributed by atoms with Crippen molar-refractivity contribution >= 4 is 17.7 Å². The molecule has 0 heterocycles. The van der Waals surface area contributed by atoms with Crippen molar-refractivity contribution in [2.75, 3.05) is 12.8 Å². The molecule has 4 nitrogen and oxygen atoms in total. The molecule has 0 radical (unpaired) electrons. The Kier molecular flexibility index (Phi) is 6.23. The number of thioether (sulfide) groups is 1. The van der Waals surface area contributed by atoms with Gasteiger partial charge in [0.2, 0.25) is 0 Å². The molecule has 1 N–H and O–H groups in total. The molecule has 1 amide bonds. The number of carbonyl (C=O) groups is 1. The number of hydrogen-bond acceptors (Lipinski definition) is 4. The van der Waals surface area contributed by atoms with Crippen LogP contribution in [0.1, 0.15) is 13.8 Å². The maximum absolute atomic E-state index is 11.7. The second-order valence-electron chi connectivity index (χ2n) is 4.21. The van der Waals surface area contributed by atoms with Crippen LogP contribution in [-0.2, 0) is 4.79 Å². The number of nitrogens with one attached hydrogen (secondary N) is 1. The minimum atomic E-state index is -0.578.